The number of urea groups is 1. The minimum atomic E-state index is -1.33. The summed E-state index contributed by atoms with van der Waals surface area (Å²) in [5.41, 5.74) is 1.93. The number of anilines is 1. The molecular formula is C11H15N3O4. The molecule has 1 heterocycles. The molecule has 0 aliphatic rings. The molecule has 0 aliphatic heterocycles. The van der Waals surface area contributed by atoms with Gasteiger partial charge in [0.1, 0.15) is 0 Å². The molecule has 1 atom stereocenters. The highest BCUT2D eigenvalue weighted by Gasteiger charge is 2.18. The zero-order valence-corrected chi connectivity index (χ0v) is 10.1. The predicted octanol–water partition coefficient (Wildman–Crippen LogP) is 0.265. The number of carboxylic acid groups (broad SMARTS) is 1. The molecule has 0 radical (unpaired) electrons. The number of carbonyl (C=O) groups excluding carboxylic acids is 1. The third kappa shape index (κ3) is 3.70. The van der Waals surface area contributed by atoms with E-state index in [-0.39, 0.29) is 0 Å². The Bertz CT molecular complexity index is 462. The number of aliphatic hydroxyl groups excluding tert-OH is 1. The highest BCUT2D eigenvalue weighted by molar-refractivity contribution is 5.92. The van der Waals surface area contributed by atoms with Crippen molar-refractivity contribution in [2.24, 2.45) is 0 Å². The van der Waals surface area contributed by atoms with Crippen LogP contribution in [0.25, 0.3) is 0 Å². The summed E-state index contributed by atoms with van der Waals surface area (Å²) in [7, 11) is 0. The lowest BCUT2D eigenvalue weighted by molar-refractivity contribution is -0.140. The van der Waals surface area contributed by atoms with E-state index in [2.05, 4.69) is 15.6 Å². The van der Waals surface area contributed by atoms with E-state index in [1.165, 1.54) is 0 Å². The van der Waals surface area contributed by atoms with Crippen molar-refractivity contribution >= 4 is 17.7 Å². The largest absolute Gasteiger partial charge is 0.480 e. The first-order chi connectivity index (χ1) is 8.43. The number of carboxylic acids is 1. The van der Waals surface area contributed by atoms with E-state index >= 15 is 0 Å². The van der Waals surface area contributed by atoms with Crippen molar-refractivity contribution in [3.8, 4) is 0 Å². The number of nitrogens with zero attached hydrogens (tertiary/aromatic N) is 1. The van der Waals surface area contributed by atoms with E-state index in [9.17, 15) is 9.59 Å². The first-order valence-electron chi connectivity index (χ1n) is 5.29. The normalized spacial score (nSPS) is 11.7. The number of carbonyl (C=O) groups is 2. The maximum absolute atomic E-state index is 11.5. The summed E-state index contributed by atoms with van der Waals surface area (Å²) in [5, 5.41) is 22.0. The van der Waals surface area contributed by atoms with Gasteiger partial charge in [-0.1, -0.05) is 0 Å². The highest BCUT2D eigenvalue weighted by Crippen LogP contribution is 2.12. The number of pyridine rings is 1. The van der Waals surface area contributed by atoms with E-state index in [0.717, 1.165) is 5.69 Å². The van der Waals surface area contributed by atoms with Crippen molar-refractivity contribution in [3.05, 3.63) is 23.5 Å². The topological polar surface area (TPSA) is 112 Å². The van der Waals surface area contributed by atoms with Crippen LogP contribution in [0.1, 0.15) is 11.4 Å². The van der Waals surface area contributed by atoms with Gasteiger partial charge in [0.15, 0.2) is 6.04 Å². The second-order valence-electron chi connectivity index (χ2n) is 3.76. The zero-order chi connectivity index (χ0) is 13.7. The van der Waals surface area contributed by atoms with Gasteiger partial charge in [0.2, 0.25) is 0 Å². The molecule has 18 heavy (non-hydrogen) atoms. The number of nitrogens with one attached hydrogen (secondary N) is 2. The van der Waals surface area contributed by atoms with Crippen molar-refractivity contribution in [2.75, 3.05) is 11.9 Å². The van der Waals surface area contributed by atoms with Gasteiger partial charge in [-0.15, -0.1) is 0 Å². The minimum Gasteiger partial charge on any atom is -0.480 e. The highest BCUT2D eigenvalue weighted by atomic mass is 16.4. The van der Waals surface area contributed by atoms with Crippen LogP contribution in [0.2, 0.25) is 0 Å². The number of aliphatic hydroxyl groups is 1. The molecule has 7 nitrogen and oxygen atoms in total. The van der Waals surface area contributed by atoms with Crippen LogP contribution in [-0.2, 0) is 4.79 Å². The van der Waals surface area contributed by atoms with Gasteiger partial charge in [-0.25, -0.2) is 9.59 Å². The second kappa shape index (κ2) is 5.97. The van der Waals surface area contributed by atoms with Gasteiger partial charge >= 0.3 is 12.0 Å². The summed E-state index contributed by atoms with van der Waals surface area (Å²) < 4.78 is 0. The third-order valence-electron chi connectivity index (χ3n) is 2.26. The lowest BCUT2D eigenvalue weighted by Gasteiger charge is -2.13. The molecule has 7 heteroatoms. The molecule has 0 fully saturated rings. The van der Waals surface area contributed by atoms with Crippen molar-refractivity contribution in [3.63, 3.8) is 0 Å². The Morgan fingerprint density at radius 1 is 1.39 bits per heavy atom. The molecule has 1 aromatic heterocycles. The number of aliphatic carboxylic acids is 1. The first kappa shape index (κ1) is 13.9. The molecule has 2 amide bonds. The number of hydrogen-bond acceptors (Lipinski definition) is 4. The minimum absolute atomic E-state index is 0.486. The van der Waals surface area contributed by atoms with Crippen LogP contribution in [0.4, 0.5) is 10.5 Å². The van der Waals surface area contributed by atoms with Gasteiger partial charge in [-0.05, 0) is 26.0 Å². The molecule has 0 saturated heterocycles. The van der Waals surface area contributed by atoms with Crippen molar-refractivity contribution in [1.29, 1.82) is 0 Å². The second-order valence-corrected chi connectivity index (χ2v) is 3.76. The first-order valence-corrected chi connectivity index (χ1v) is 5.29. The number of amides is 2. The Kier molecular flexibility index (Phi) is 4.61. The maximum atomic E-state index is 11.5. The third-order valence-corrected chi connectivity index (χ3v) is 2.26. The fourth-order valence-electron chi connectivity index (χ4n) is 1.32. The molecule has 0 aliphatic carbocycles. The Morgan fingerprint density at radius 2 is 2.06 bits per heavy atom. The number of aryl methyl sites for hydroxylation is 2. The van der Waals surface area contributed by atoms with Crippen LogP contribution in [-0.4, -0.2) is 39.8 Å². The van der Waals surface area contributed by atoms with Crippen LogP contribution in [0.3, 0.4) is 0 Å². The van der Waals surface area contributed by atoms with Crippen molar-refractivity contribution < 1.29 is 19.8 Å². The molecule has 4 N–H and O–H groups in total. The van der Waals surface area contributed by atoms with Gasteiger partial charge < -0.3 is 20.8 Å². The van der Waals surface area contributed by atoms with Gasteiger partial charge in [0.25, 0.3) is 0 Å². The molecule has 1 aromatic rings. The molecule has 98 valence electrons. The lowest BCUT2D eigenvalue weighted by atomic mass is 10.3. The molecule has 0 saturated carbocycles. The molecule has 1 rings (SSSR count). The van der Waals surface area contributed by atoms with Gasteiger partial charge in [0.05, 0.1) is 18.0 Å². The van der Waals surface area contributed by atoms with Gasteiger partial charge in [0, 0.05) is 5.69 Å². The summed E-state index contributed by atoms with van der Waals surface area (Å²) in [6, 6.07) is 1.36. The van der Waals surface area contributed by atoms with Gasteiger partial charge in [-0.2, -0.15) is 0 Å². The summed E-state index contributed by atoms with van der Waals surface area (Å²) in [6.45, 7) is 2.88. The number of hydrogen-bond donors (Lipinski definition) is 4. The van der Waals surface area contributed by atoms with E-state index < -0.39 is 24.6 Å². The van der Waals surface area contributed by atoms with Crippen LogP contribution in [0, 0.1) is 13.8 Å². The molecule has 0 aromatic carbocycles. The van der Waals surface area contributed by atoms with Gasteiger partial charge in [-0.3, -0.25) is 4.98 Å². The summed E-state index contributed by atoms with van der Waals surface area (Å²) in [6.07, 6.45) is 0. The van der Waals surface area contributed by atoms with E-state index in [1.54, 1.807) is 19.1 Å². The van der Waals surface area contributed by atoms with Crippen molar-refractivity contribution in [2.45, 2.75) is 19.9 Å². The SMILES string of the molecule is Cc1ccc(NC(=O)N[C@@H](CO)C(=O)O)c(C)n1. The Balaban J connectivity index is 2.67. The average molecular weight is 253 g/mol. The maximum Gasteiger partial charge on any atom is 0.328 e. The Morgan fingerprint density at radius 3 is 2.56 bits per heavy atom. The monoisotopic (exact) mass is 253 g/mol. The van der Waals surface area contributed by atoms with Crippen LogP contribution in [0.15, 0.2) is 12.1 Å². The average Bonchev–Trinajstić information content (AvgIpc) is 2.29. The smallest absolute Gasteiger partial charge is 0.328 e. The fraction of sp³-hybridized carbons (Fsp3) is 0.364. The predicted molar refractivity (Wildman–Crippen MR) is 64.4 cm³/mol. The Hall–Kier alpha value is -2.15. The molecule has 0 spiro atoms. The fourth-order valence-corrected chi connectivity index (χ4v) is 1.32. The van der Waals surface area contributed by atoms with Crippen LogP contribution < -0.4 is 10.6 Å². The summed E-state index contributed by atoms with van der Waals surface area (Å²) in [5.74, 6) is -1.30. The lowest BCUT2D eigenvalue weighted by Crippen LogP contribution is -2.45. The standard InChI is InChI=1S/C11H15N3O4/c1-6-3-4-8(7(2)12-6)13-11(18)14-9(5-15)10(16)17/h3-4,9,15H,5H2,1-2H3,(H,16,17)(H2,13,14,18)/t9-/m0/s1. The Labute approximate surface area is 104 Å². The van der Waals surface area contributed by atoms with Crippen molar-refractivity contribution in [1.82, 2.24) is 10.3 Å². The molecular weight excluding hydrogens is 238 g/mol. The zero-order valence-electron chi connectivity index (χ0n) is 10.1. The quantitative estimate of drug-likeness (QED) is 0.615. The van der Waals surface area contributed by atoms with E-state index in [1.807, 2.05) is 6.92 Å². The summed E-state index contributed by atoms with van der Waals surface area (Å²) in [4.78, 5) is 26.3. The van der Waals surface area contributed by atoms with E-state index in [0.29, 0.717) is 11.4 Å². The van der Waals surface area contributed by atoms with E-state index in [4.69, 9.17) is 10.2 Å². The van der Waals surface area contributed by atoms with Crippen LogP contribution in [0.5, 0.6) is 0 Å². The number of rotatable bonds is 4. The molecule has 0 unspecified atom stereocenters. The molecule has 0 bridgehead atoms. The summed E-state index contributed by atoms with van der Waals surface area (Å²) >= 11 is 0. The van der Waals surface area contributed by atoms with Crippen LogP contribution >= 0.6 is 0 Å². The number of aromatic nitrogens is 1.